The van der Waals surface area contributed by atoms with E-state index in [1.54, 1.807) is 12.3 Å². The third-order valence-corrected chi connectivity index (χ3v) is 5.15. The molecular formula is C22H24N6O. The SMILES string of the molecule is Cc1ccccc1CNc1cc(C(=O)N2CCN(c3ccccn3)CC2)ncn1. The summed E-state index contributed by atoms with van der Waals surface area (Å²) in [5.74, 6) is 1.54. The lowest BCUT2D eigenvalue weighted by atomic mass is 10.1. The van der Waals surface area contributed by atoms with E-state index in [4.69, 9.17) is 0 Å². The average molecular weight is 388 g/mol. The molecule has 0 saturated carbocycles. The van der Waals surface area contributed by atoms with E-state index in [2.05, 4.69) is 44.2 Å². The van der Waals surface area contributed by atoms with E-state index in [9.17, 15) is 4.79 Å². The Hall–Kier alpha value is -3.48. The molecule has 1 fully saturated rings. The number of anilines is 2. The number of carbonyl (C=O) groups excluding carboxylic acids is 1. The maximum absolute atomic E-state index is 12.9. The fraction of sp³-hybridized carbons (Fsp3) is 0.273. The number of rotatable bonds is 5. The third kappa shape index (κ3) is 4.51. The van der Waals surface area contributed by atoms with Crippen LogP contribution < -0.4 is 10.2 Å². The van der Waals surface area contributed by atoms with Gasteiger partial charge in [0, 0.05) is 45.0 Å². The number of aromatic nitrogens is 3. The minimum absolute atomic E-state index is 0.0630. The van der Waals surface area contributed by atoms with Gasteiger partial charge in [0.15, 0.2) is 0 Å². The molecule has 0 atom stereocenters. The second kappa shape index (κ2) is 8.68. The van der Waals surface area contributed by atoms with E-state index in [0.29, 0.717) is 31.1 Å². The predicted octanol–water partition coefficient (Wildman–Crippen LogP) is 2.75. The Morgan fingerprint density at radius 3 is 2.55 bits per heavy atom. The maximum Gasteiger partial charge on any atom is 0.272 e. The lowest BCUT2D eigenvalue weighted by Gasteiger charge is -2.35. The zero-order chi connectivity index (χ0) is 20.1. The Bertz CT molecular complexity index is 970. The van der Waals surface area contributed by atoms with Gasteiger partial charge in [0.2, 0.25) is 0 Å². The maximum atomic E-state index is 12.9. The van der Waals surface area contributed by atoms with Crippen LogP contribution in [0.2, 0.25) is 0 Å². The van der Waals surface area contributed by atoms with E-state index in [1.807, 2.05) is 35.2 Å². The number of pyridine rings is 1. The van der Waals surface area contributed by atoms with Crippen molar-refractivity contribution in [3.63, 3.8) is 0 Å². The molecule has 1 aliphatic rings. The molecule has 3 aromatic rings. The minimum Gasteiger partial charge on any atom is -0.366 e. The van der Waals surface area contributed by atoms with Gasteiger partial charge in [-0.1, -0.05) is 30.3 Å². The number of nitrogens with one attached hydrogen (secondary N) is 1. The Balaban J connectivity index is 1.37. The van der Waals surface area contributed by atoms with Crippen molar-refractivity contribution in [2.24, 2.45) is 0 Å². The fourth-order valence-electron chi connectivity index (χ4n) is 3.41. The van der Waals surface area contributed by atoms with Crippen LogP contribution in [0.5, 0.6) is 0 Å². The van der Waals surface area contributed by atoms with Crippen molar-refractivity contribution < 1.29 is 4.79 Å². The van der Waals surface area contributed by atoms with Gasteiger partial charge in [0.1, 0.15) is 23.7 Å². The van der Waals surface area contributed by atoms with Crippen molar-refractivity contribution in [3.05, 3.63) is 77.9 Å². The van der Waals surface area contributed by atoms with Crippen LogP contribution in [0.4, 0.5) is 11.6 Å². The molecule has 0 radical (unpaired) electrons. The number of piperazine rings is 1. The normalized spacial score (nSPS) is 14.0. The van der Waals surface area contributed by atoms with Crippen LogP contribution in [0.15, 0.2) is 61.1 Å². The first-order valence-corrected chi connectivity index (χ1v) is 9.76. The lowest BCUT2D eigenvalue weighted by Crippen LogP contribution is -2.49. The molecule has 1 aromatic carbocycles. The number of hydrogen-bond acceptors (Lipinski definition) is 6. The highest BCUT2D eigenvalue weighted by Crippen LogP contribution is 2.15. The number of aryl methyl sites for hydroxylation is 1. The van der Waals surface area contributed by atoms with Crippen molar-refractivity contribution in [1.82, 2.24) is 19.9 Å². The summed E-state index contributed by atoms with van der Waals surface area (Å²) in [5, 5.41) is 3.29. The number of amides is 1. The van der Waals surface area contributed by atoms with Crippen LogP contribution in [0.1, 0.15) is 21.6 Å². The molecule has 4 rings (SSSR count). The van der Waals surface area contributed by atoms with Crippen molar-refractivity contribution in [2.75, 3.05) is 36.4 Å². The lowest BCUT2D eigenvalue weighted by molar-refractivity contribution is 0.0740. The number of nitrogens with zero attached hydrogens (tertiary/aromatic N) is 5. The summed E-state index contributed by atoms with van der Waals surface area (Å²) >= 11 is 0. The van der Waals surface area contributed by atoms with Gasteiger partial charge in [-0.25, -0.2) is 15.0 Å². The van der Waals surface area contributed by atoms with Gasteiger partial charge >= 0.3 is 0 Å². The number of hydrogen-bond donors (Lipinski definition) is 1. The summed E-state index contributed by atoms with van der Waals surface area (Å²) in [6.45, 7) is 5.53. The molecule has 1 N–H and O–H groups in total. The third-order valence-electron chi connectivity index (χ3n) is 5.15. The summed E-state index contributed by atoms with van der Waals surface area (Å²) in [4.78, 5) is 29.8. The van der Waals surface area contributed by atoms with Crippen molar-refractivity contribution in [2.45, 2.75) is 13.5 Å². The molecule has 2 aromatic heterocycles. The van der Waals surface area contributed by atoms with E-state index in [0.717, 1.165) is 18.9 Å². The van der Waals surface area contributed by atoms with E-state index < -0.39 is 0 Å². The second-order valence-corrected chi connectivity index (χ2v) is 7.04. The van der Waals surface area contributed by atoms with Crippen molar-refractivity contribution in [3.8, 4) is 0 Å². The van der Waals surface area contributed by atoms with Crippen molar-refractivity contribution in [1.29, 1.82) is 0 Å². The van der Waals surface area contributed by atoms with Gasteiger partial charge in [-0.05, 0) is 30.2 Å². The molecule has 148 valence electrons. The molecule has 7 heteroatoms. The molecule has 0 bridgehead atoms. The highest BCUT2D eigenvalue weighted by molar-refractivity contribution is 5.93. The monoisotopic (exact) mass is 388 g/mol. The number of carbonyl (C=O) groups is 1. The Labute approximate surface area is 170 Å². The van der Waals surface area contributed by atoms with E-state index in [1.165, 1.54) is 17.5 Å². The van der Waals surface area contributed by atoms with Gasteiger partial charge in [0.05, 0.1) is 0 Å². The van der Waals surface area contributed by atoms with Crippen LogP contribution >= 0.6 is 0 Å². The predicted molar refractivity (Wildman–Crippen MR) is 113 cm³/mol. The van der Waals surface area contributed by atoms with Gasteiger partial charge in [-0.3, -0.25) is 4.79 Å². The van der Waals surface area contributed by atoms with Gasteiger partial charge in [-0.2, -0.15) is 0 Å². The molecule has 7 nitrogen and oxygen atoms in total. The Morgan fingerprint density at radius 2 is 1.79 bits per heavy atom. The molecule has 1 aliphatic heterocycles. The first kappa shape index (κ1) is 18.9. The molecule has 0 spiro atoms. The summed E-state index contributed by atoms with van der Waals surface area (Å²) in [5.41, 5.74) is 2.83. The summed E-state index contributed by atoms with van der Waals surface area (Å²) in [6, 6.07) is 15.8. The first-order chi connectivity index (χ1) is 14.2. The topological polar surface area (TPSA) is 74.2 Å². The smallest absolute Gasteiger partial charge is 0.272 e. The summed E-state index contributed by atoms with van der Waals surface area (Å²) in [7, 11) is 0. The molecule has 1 amide bonds. The van der Waals surface area contributed by atoms with Gasteiger partial charge < -0.3 is 15.1 Å². The van der Waals surface area contributed by atoms with Crippen molar-refractivity contribution >= 4 is 17.5 Å². The first-order valence-electron chi connectivity index (χ1n) is 9.76. The highest BCUT2D eigenvalue weighted by atomic mass is 16.2. The van der Waals surface area contributed by atoms with E-state index in [-0.39, 0.29) is 5.91 Å². The quantitative estimate of drug-likeness (QED) is 0.724. The standard InChI is InChI=1S/C22H24N6O/c1-17-6-2-3-7-18(17)15-24-20-14-19(25-16-26-20)22(29)28-12-10-27(11-13-28)21-8-4-5-9-23-21/h2-9,14,16H,10-13,15H2,1H3,(H,24,25,26). The zero-order valence-electron chi connectivity index (χ0n) is 16.5. The van der Waals surface area contributed by atoms with Gasteiger partial charge in [0.25, 0.3) is 5.91 Å². The molecule has 0 aliphatic carbocycles. The largest absolute Gasteiger partial charge is 0.366 e. The molecule has 0 unspecified atom stereocenters. The van der Waals surface area contributed by atoms with Crippen LogP contribution in [-0.4, -0.2) is 51.9 Å². The number of benzene rings is 1. The second-order valence-electron chi connectivity index (χ2n) is 7.04. The van der Waals surface area contributed by atoms with Crippen LogP contribution in [0.3, 0.4) is 0 Å². The van der Waals surface area contributed by atoms with E-state index >= 15 is 0 Å². The zero-order valence-corrected chi connectivity index (χ0v) is 16.5. The minimum atomic E-state index is -0.0630. The Kier molecular flexibility index (Phi) is 5.65. The molecule has 3 heterocycles. The van der Waals surface area contributed by atoms with Crippen LogP contribution in [-0.2, 0) is 6.54 Å². The van der Waals surface area contributed by atoms with Crippen LogP contribution in [0.25, 0.3) is 0 Å². The Morgan fingerprint density at radius 1 is 1.00 bits per heavy atom. The van der Waals surface area contributed by atoms with Gasteiger partial charge in [-0.15, -0.1) is 0 Å². The summed E-state index contributed by atoms with van der Waals surface area (Å²) in [6.07, 6.45) is 3.23. The highest BCUT2D eigenvalue weighted by Gasteiger charge is 2.23. The average Bonchev–Trinajstić information content (AvgIpc) is 2.79. The van der Waals surface area contributed by atoms with Crippen LogP contribution in [0, 0.1) is 6.92 Å². The molecular weight excluding hydrogens is 364 g/mol. The molecule has 1 saturated heterocycles. The summed E-state index contributed by atoms with van der Waals surface area (Å²) < 4.78 is 0. The fourth-order valence-corrected chi connectivity index (χ4v) is 3.41. The molecule has 29 heavy (non-hydrogen) atoms.